The molecule has 3 rings (SSSR count). The number of fused-ring (bicyclic) bond motifs is 1. The molecule has 3 nitrogen and oxygen atoms in total. The highest BCUT2D eigenvalue weighted by Crippen LogP contribution is 2.34. The highest BCUT2D eigenvalue weighted by molar-refractivity contribution is 6.07. The second kappa shape index (κ2) is 6.14. The summed E-state index contributed by atoms with van der Waals surface area (Å²) in [5.41, 5.74) is 2.98. The molecular formula is C19H18O3. The molecule has 0 saturated carbocycles. The van der Waals surface area contributed by atoms with Crippen LogP contribution in [-0.4, -0.2) is 18.9 Å². The summed E-state index contributed by atoms with van der Waals surface area (Å²) in [5.74, 6) is -1.46. The Bertz CT molecular complexity index is 691. The maximum absolute atomic E-state index is 12.8. The van der Waals surface area contributed by atoms with Crippen LogP contribution in [-0.2, 0) is 27.2 Å². The summed E-state index contributed by atoms with van der Waals surface area (Å²) in [7, 11) is 1.33. The normalized spacial score (nSPS) is 20.3. The van der Waals surface area contributed by atoms with Gasteiger partial charge in [0.2, 0.25) is 0 Å². The number of methoxy groups -OCH3 is 1. The Morgan fingerprint density at radius 1 is 1.09 bits per heavy atom. The van der Waals surface area contributed by atoms with E-state index in [9.17, 15) is 9.59 Å². The third kappa shape index (κ3) is 2.67. The van der Waals surface area contributed by atoms with Gasteiger partial charge in [-0.15, -0.1) is 0 Å². The van der Waals surface area contributed by atoms with Crippen LogP contribution in [0.1, 0.15) is 22.6 Å². The summed E-state index contributed by atoms with van der Waals surface area (Å²) in [6.45, 7) is 0. The number of carbonyl (C=O) groups excluding carboxylic acids is 2. The number of Topliss-reactive ketones (excluding diaryl/α,β-unsaturated/α-hetero) is 1. The first-order valence-corrected chi connectivity index (χ1v) is 7.44. The predicted octanol–water partition coefficient (Wildman–Crippen LogP) is 2.93. The molecule has 0 aromatic heterocycles. The number of benzene rings is 2. The molecule has 112 valence electrons. The van der Waals surface area contributed by atoms with Gasteiger partial charge in [0.1, 0.15) is 5.92 Å². The number of hydrogen-bond donors (Lipinski definition) is 0. The van der Waals surface area contributed by atoms with Crippen LogP contribution >= 0.6 is 0 Å². The van der Waals surface area contributed by atoms with Crippen LogP contribution in [0.5, 0.6) is 0 Å². The molecule has 3 heteroatoms. The number of ketones is 1. The summed E-state index contributed by atoms with van der Waals surface area (Å²) in [4.78, 5) is 24.9. The van der Waals surface area contributed by atoms with Crippen molar-refractivity contribution in [3.63, 3.8) is 0 Å². The van der Waals surface area contributed by atoms with Crippen molar-refractivity contribution >= 4 is 11.8 Å². The summed E-state index contributed by atoms with van der Waals surface area (Å²) >= 11 is 0. The largest absolute Gasteiger partial charge is 0.468 e. The van der Waals surface area contributed by atoms with Crippen LogP contribution in [0.25, 0.3) is 0 Å². The van der Waals surface area contributed by atoms with Gasteiger partial charge < -0.3 is 4.74 Å². The van der Waals surface area contributed by atoms with Gasteiger partial charge in [-0.1, -0.05) is 54.6 Å². The molecular weight excluding hydrogens is 276 g/mol. The fraction of sp³-hybridized carbons (Fsp3) is 0.263. The Morgan fingerprint density at radius 2 is 1.77 bits per heavy atom. The molecule has 0 radical (unpaired) electrons. The van der Waals surface area contributed by atoms with Crippen LogP contribution < -0.4 is 0 Å². The quantitative estimate of drug-likeness (QED) is 0.646. The minimum atomic E-state index is -0.788. The first kappa shape index (κ1) is 14.5. The van der Waals surface area contributed by atoms with Crippen LogP contribution in [0.2, 0.25) is 0 Å². The summed E-state index contributed by atoms with van der Waals surface area (Å²) in [5, 5.41) is 0. The number of hydrogen-bond acceptors (Lipinski definition) is 3. The predicted molar refractivity (Wildman–Crippen MR) is 83.5 cm³/mol. The second-order valence-electron chi connectivity index (χ2n) is 5.65. The van der Waals surface area contributed by atoms with E-state index in [1.54, 1.807) is 0 Å². The number of ether oxygens (including phenoxy) is 1. The molecule has 0 N–H and O–H groups in total. The molecule has 0 bridgehead atoms. The zero-order valence-corrected chi connectivity index (χ0v) is 12.5. The lowest BCUT2D eigenvalue weighted by molar-refractivity contribution is -0.147. The number of carbonyl (C=O) groups is 2. The Labute approximate surface area is 129 Å². The zero-order chi connectivity index (χ0) is 15.5. The fourth-order valence-electron chi connectivity index (χ4n) is 3.19. The minimum Gasteiger partial charge on any atom is -0.468 e. The van der Waals surface area contributed by atoms with E-state index in [1.165, 1.54) is 7.11 Å². The van der Waals surface area contributed by atoms with E-state index in [0.29, 0.717) is 12.8 Å². The standard InChI is InChI=1S/C19H18O3/c1-22-19(21)17-16-10-6-5-9-14(16)12-15(18(17)20)11-13-7-3-2-4-8-13/h2-10,15,17H,11-12H2,1H3. The van der Waals surface area contributed by atoms with Gasteiger partial charge in [0.05, 0.1) is 7.11 Å². The Balaban J connectivity index is 1.95. The van der Waals surface area contributed by atoms with E-state index in [0.717, 1.165) is 16.7 Å². The van der Waals surface area contributed by atoms with Gasteiger partial charge in [-0.05, 0) is 29.5 Å². The molecule has 0 spiro atoms. The van der Waals surface area contributed by atoms with Gasteiger partial charge in [-0.25, -0.2) is 0 Å². The van der Waals surface area contributed by atoms with E-state index in [-0.39, 0.29) is 11.7 Å². The highest BCUT2D eigenvalue weighted by atomic mass is 16.5. The van der Waals surface area contributed by atoms with Crippen molar-refractivity contribution in [1.82, 2.24) is 0 Å². The summed E-state index contributed by atoms with van der Waals surface area (Å²) in [6, 6.07) is 17.6. The summed E-state index contributed by atoms with van der Waals surface area (Å²) < 4.78 is 4.86. The molecule has 2 aromatic rings. The van der Waals surface area contributed by atoms with Crippen LogP contribution in [0.15, 0.2) is 54.6 Å². The molecule has 2 aromatic carbocycles. The van der Waals surface area contributed by atoms with E-state index in [1.807, 2.05) is 54.6 Å². The third-order valence-corrected chi connectivity index (χ3v) is 4.28. The molecule has 0 heterocycles. The van der Waals surface area contributed by atoms with Crippen LogP contribution in [0.4, 0.5) is 0 Å². The minimum absolute atomic E-state index is 0.0330. The van der Waals surface area contributed by atoms with Crippen LogP contribution in [0.3, 0.4) is 0 Å². The Morgan fingerprint density at radius 3 is 2.50 bits per heavy atom. The van der Waals surface area contributed by atoms with Gasteiger partial charge in [-0.2, -0.15) is 0 Å². The third-order valence-electron chi connectivity index (χ3n) is 4.28. The number of esters is 1. The van der Waals surface area contributed by atoms with E-state index in [2.05, 4.69) is 0 Å². The lowest BCUT2D eigenvalue weighted by atomic mass is 9.74. The lowest BCUT2D eigenvalue weighted by Crippen LogP contribution is -2.36. The molecule has 1 aliphatic rings. The van der Waals surface area contributed by atoms with Crippen molar-refractivity contribution in [2.45, 2.75) is 18.8 Å². The summed E-state index contributed by atoms with van der Waals surface area (Å²) in [6.07, 6.45) is 1.33. The Kier molecular flexibility index (Phi) is 4.05. The van der Waals surface area contributed by atoms with Crippen LogP contribution in [0, 0.1) is 5.92 Å². The Hall–Kier alpha value is -2.42. The molecule has 0 fully saturated rings. The zero-order valence-electron chi connectivity index (χ0n) is 12.5. The van der Waals surface area contributed by atoms with Crippen molar-refractivity contribution in [2.24, 2.45) is 5.92 Å². The lowest BCUT2D eigenvalue weighted by Gasteiger charge is -2.29. The molecule has 0 aliphatic heterocycles. The van der Waals surface area contributed by atoms with Crippen molar-refractivity contribution < 1.29 is 14.3 Å². The van der Waals surface area contributed by atoms with Gasteiger partial charge in [0.15, 0.2) is 5.78 Å². The smallest absolute Gasteiger partial charge is 0.320 e. The van der Waals surface area contributed by atoms with Crippen molar-refractivity contribution in [3.8, 4) is 0 Å². The van der Waals surface area contributed by atoms with Gasteiger partial charge in [0.25, 0.3) is 0 Å². The molecule has 1 aliphatic carbocycles. The average Bonchev–Trinajstić information content (AvgIpc) is 2.56. The van der Waals surface area contributed by atoms with E-state index >= 15 is 0 Å². The SMILES string of the molecule is COC(=O)C1C(=O)C(Cc2ccccc2)Cc2ccccc21. The first-order chi connectivity index (χ1) is 10.7. The topological polar surface area (TPSA) is 43.4 Å². The molecule has 2 unspecified atom stereocenters. The highest BCUT2D eigenvalue weighted by Gasteiger charge is 2.39. The first-order valence-electron chi connectivity index (χ1n) is 7.44. The maximum Gasteiger partial charge on any atom is 0.320 e. The average molecular weight is 294 g/mol. The number of rotatable bonds is 3. The second-order valence-corrected chi connectivity index (χ2v) is 5.65. The van der Waals surface area contributed by atoms with Crippen molar-refractivity contribution in [3.05, 3.63) is 71.3 Å². The van der Waals surface area contributed by atoms with Gasteiger partial charge >= 0.3 is 5.97 Å². The molecule has 0 amide bonds. The molecule has 22 heavy (non-hydrogen) atoms. The monoisotopic (exact) mass is 294 g/mol. The van der Waals surface area contributed by atoms with E-state index < -0.39 is 11.9 Å². The maximum atomic E-state index is 12.8. The van der Waals surface area contributed by atoms with Gasteiger partial charge in [-0.3, -0.25) is 9.59 Å². The molecule has 2 atom stereocenters. The fourth-order valence-corrected chi connectivity index (χ4v) is 3.19. The van der Waals surface area contributed by atoms with Gasteiger partial charge in [0, 0.05) is 5.92 Å². The van der Waals surface area contributed by atoms with Crippen molar-refractivity contribution in [2.75, 3.05) is 7.11 Å². The van der Waals surface area contributed by atoms with E-state index in [4.69, 9.17) is 4.74 Å². The van der Waals surface area contributed by atoms with Crippen molar-refractivity contribution in [1.29, 1.82) is 0 Å². The molecule has 0 saturated heterocycles.